The molecule has 2 aromatic heterocycles. The van der Waals surface area contributed by atoms with E-state index in [4.69, 9.17) is 0 Å². The Hall–Kier alpha value is -3.40. The van der Waals surface area contributed by atoms with Crippen molar-refractivity contribution in [3.05, 3.63) is 64.1 Å². The monoisotopic (exact) mass is 399 g/mol. The Labute approximate surface area is 166 Å². The average Bonchev–Trinajstić information content (AvgIpc) is 3.17. The van der Waals surface area contributed by atoms with Crippen LogP contribution in [0.5, 0.6) is 0 Å². The molecule has 0 bridgehead atoms. The molecule has 0 saturated carbocycles. The van der Waals surface area contributed by atoms with E-state index in [1.54, 1.807) is 23.8 Å². The molecule has 1 unspecified atom stereocenters. The lowest BCUT2D eigenvalue weighted by molar-refractivity contribution is 0.102. The minimum Gasteiger partial charge on any atom is -0.322 e. The van der Waals surface area contributed by atoms with Crippen LogP contribution in [0.2, 0.25) is 0 Å². The standard InChI is InChI=1S/C19H22FN7O2/c1-12-7-8-26(13(2)10-25(3)4)19(29)17(12)18(28)22-14-5-6-15(20)16(9-14)27-11-21-23-24-27/h5-9,11,13H,10H2,1-4H3,(H,22,28). The number of hydrogen-bond donors (Lipinski definition) is 1. The molecule has 0 aliphatic heterocycles. The summed E-state index contributed by atoms with van der Waals surface area (Å²) in [6, 6.07) is 5.63. The summed E-state index contributed by atoms with van der Waals surface area (Å²) in [5, 5.41) is 13.3. The molecular weight excluding hydrogens is 377 g/mol. The molecule has 0 radical (unpaired) electrons. The highest BCUT2D eigenvalue weighted by Gasteiger charge is 2.19. The number of carbonyl (C=O) groups excluding carboxylic acids is 1. The van der Waals surface area contributed by atoms with Gasteiger partial charge in [0, 0.05) is 24.5 Å². The molecule has 152 valence electrons. The zero-order valence-electron chi connectivity index (χ0n) is 16.6. The third-order valence-corrected chi connectivity index (χ3v) is 4.46. The molecule has 1 aromatic carbocycles. The van der Waals surface area contributed by atoms with Gasteiger partial charge in [-0.05, 0) is 68.2 Å². The van der Waals surface area contributed by atoms with Crippen LogP contribution in [-0.2, 0) is 0 Å². The predicted molar refractivity (Wildman–Crippen MR) is 106 cm³/mol. The first-order chi connectivity index (χ1) is 13.8. The van der Waals surface area contributed by atoms with E-state index in [2.05, 4.69) is 20.8 Å². The molecule has 1 amide bonds. The minimum absolute atomic E-state index is 0.0476. The number of nitrogens with zero attached hydrogens (tertiary/aromatic N) is 6. The SMILES string of the molecule is Cc1ccn(C(C)CN(C)C)c(=O)c1C(=O)Nc1ccc(F)c(-n2cnnn2)c1. The van der Waals surface area contributed by atoms with Crippen molar-refractivity contribution in [2.45, 2.75) is 19.9 Å². The van der Waals surface area contributed by atoms with Crippen molar-refractivity contribution in [3.63, 3.8) is 0 Å². The number of amides is 1. The molecule has 1 N–H and O–H groups in total. The number of likely N-dealkylation sites (N-methyl/N-ethyl adjacent to an activating group) is 1. The quantitative estimate of drug-likeness (QED) is 0.677. The fourth-order valence-electron chi connectivity index (χ4n) is 3.11. The number of halogens is 1. The van der Waals surface area contributed by atoms with Gasteiger partial charge in [0.1, 0.15) is 23.4 Å². The van der Waals surface area contributed by atoms with Crippen LogP contribution in [0.25, 0.3) is 5.69 Å². The molecule has 1 atom stereocenters. The van der Waals surface area contributed by atoms with Crippen LogP contribution in [0.15, 0.2) is 41.6 Å². The normalized spacial score (nSPS) is 12.2. The van der Waals surface area contributed by atoms with E-state index >= 15 is 0 Å². The van der Waals surface area contributed by atoms with E-state index in [0.717, 1.165) is 4.68 Å². The molecule has 0 aliphatic carbocycles. The highest BCUT2D eigenvalue weighted by molar-refractivity contribution is 6.05. The highest BCUT2D eigenvalue weighted by atomic mass is 19.1. The largest absolute Gasteiger partial charge is 0.322 e. The Morgan fingerprint density at radius 2 is 2.07 bits per heavy atom. The molecule has 10 heteroatoms. The van der Waals surface area contributed by atoms with Gasteiger partial charge in [-0.1, -0.05) is 0 Å². The van der Waals surface area contributed by atoms with Gasteiger partial charge in [0.25, 0.3) is 11.5 Å². The molecule has 3 aromatic rings. The lowest BCUT2D eigenvalue weighted by Crippen LogP contribution is -2.34. The van der Waals surface area contributed by atoms with E-state index in [0.29, 0.717) is 17.8 Å². The molecule has 0 aliphatic rings. The van der Waals surface area contributed by atoms with Gasteiger partial charge in [-0.25, -0.2) is 4.39 Å². The van der Waals surface area contributed by atoms with Crippen LogP contribution in [0.1, 0.15) is 28.9 Å². The van der Waals surface area contributed by atoms with E-state index in [1.807, 2.05) is 25.9 Å². The lowest BCUT2D eigenvalue weighted by atomic mass is 10.1. The summed E-state index contributed by atoms with van der Waals surface area (Å²) in [7, 11) is 3.83. The van der Waals surface area contributed by atoms with E-state index in [9.17, 15) is 14.0 Å². The fourth-order valence-corrected chi connectivity index (χ4v) is 3.11. The maximum absolute atomic E-state index is 14.1. The molecule has 3 rings (SSSR count). The molecule has 0 saturated heterocycles. The van der Waals surface area contributed by atoms with Crippen LogP contribution in [0.3, 0.4) is 0 Å². The van der Waals surface area contributed by atoms with Crippen LogP contribution in [0, 0.1) is 12.7 Å². The first-order valence-electron chi connectivity index (χ1n) is 8.98. The summed E-state index contributed by atoms with van der Waals surface area (Å²) in [5.41, 5.74) is 0.627. The number of aryl methyl sites for hydroxylation is 1. The van der Waals surface area contributed by atoms with Crippen LogP contribution in [0.4, 0.5) is 10.1 Å². The molecular formula is C19H22FN7O2. The summed E-state index contributed by atoms with van der Waals surface area (Å²) < 4.78 is 16.8. The fraction of sp³-hybridized carbons (Fsp3) is 0.316. The number of rotatable bonds is 6. The van der Waals surface area contributed by atoms with E-state index < -0.39 is 11.7 Å². The van der Waals surface area contributed by atoms with Crippen molar-refractivity contribution >= 4 is 11.6 Å². The second-order valence-corrected chi connectivity index (χ2v) is 7.07. The maximum atomic E-state index is 14.1. The highest BCUT2D eigenvalue weighted by Crippen LogP contribution is 2.19. The smallest absolute Gasteiger partial charge is 0.263 e. The van der Waals surface area contributed by atoms with Crippen molar-refractivity contribution in [2.24, 2.45) is 0 Å². The van der Waals surface area contributed by atoms with Crippen molar-refractivity contribution in [1.29, 1.82) is 0 Å². The lowest BCUT2D eigenvalue weighted by Gasteiger charge is -2.20. The Balaban J connectivity index is 1.92. The number of aromatic nitrogens is 5. The Kier molecular flexibility index (Phi) is 5.83. The number of benzene rings is 1. The molecule has 29 heavy (non-hydrogen) atoms. The number of nitrogens with one attached hydrogen (secondary N) is 1. The minimum atomic E-state index is -0.562. The molecule has 2 heterocycles. The Morgan fingerprint density at radius 3 is 2.72 bits per heavy atom. The van der Waals surface area contributed by atoms with Crippen molar-refractivity contribution in [3.8, 4) is 5.69 Å². The first-order valence-corrected chi connectivity index (χ1v) is 8.98. The van der Waals surface area contributed by atoms with E-state index in [1.165, 1.54) is 24.5 Å². The molecule has 9 nitrogen and oxygen atoms in total. The van der Waals surface area contributed by atoms with Gasteiger partial charge < -0.3 is 14.8 Å². The number of tetrazole rings is 1. The number of pyridine rings is 1. The molecule has 0 spiro atoms. The Bertz CT molecular complexity index is 1080. The zero-order chi connectivity index (χ0) is 21.1. The number of hydrogen-bond acceptors (Lipinski definition) is 6. The second-order valence-electron chi connectivity index (χ2n) is 7.07. The Morgan fingerprint density at radius 1 is 1.31 bits per heavy atom. The summed E-state index contributed by atoms with van der Waals surface area (Å²) in [6.45, 7) is 4.27. The van der Waals surface area contributed by atoms with Crippen LogP contribution < -0.4 is 10.9 Å². The van der Waals surface area contributed by atoms with Crippen LogP contribution in [-0.4, -0.2) is 56.2 Å². The third kappa shape index (κ3) is 4.37. The zero-order valence-corrected chi connectivity index (χ0v) is 16.6. The first kappa shape index (κ1) is 20.3. The predicted octanol–water partition coefficient (Wildman–Crippen LogP) is 1.65. The number of carbonyl (C=O) groups is 1. The summed E-state index contributed by atoms with van der Waals surface area (Å²) in [4.78, 5) is 27.8. The van der Waals surface area contributed by atoms with Gasteiger partial charge >= 0.3 is 0 Å². The summed E-state index contributed by atoms with van der Waals surface area (Å²) in [6.07, 6.45) is 2.94. The third-order valence-electron chi connectivity index (χ3n) is 4.46. The average molecular weight is 399 g/mol. The van der Waals surface area contributed by atoms with Crippen molar-refractivity contribution in [2.75, 3.05) is 26.0 Å². The van der Waals surface area contributed by atoms with E-state index in [-0.39, 0.29) is 22.9 Å². The summed E-state index contributed by atoms with van der Waals surface area (Å²) >= 11 is 0. The summed E-state index contributed by atoms with van der Waals surface area (Å²) in [5.74, 6) is -1.11. The van der Waals surface area contributed by atoms with Gasteiger partial charge in [0.05, 0.1) is 0 Å². The molecule has 0 fully saturated rings. The maximum Gasteiger partial charge on any atom is 0.263 e. The van der Waals surface area contributed by atoms with Crippen LogP contribution >= 0.6 is 0 Å². The van der Waals surface area contributed by atoms with Gasteiger partial charge in [0.15, 0.2) is 0 Å². The van der Waals surface area contributed by atoms with Crippen molar-refractivity contribution < 1.29 is 9.18 Å². The van der Waals surface area contributed by atoms with Gasteiger partial charge in [-0.3, -0.25) is 9.59 Å². The second kappa shape index (κ2) is 8.31. The van der Waals surface area contributed by atoms with Gasteiger partial charge in [-0.2, -0.15) is 4.68 Å². The van der Waals surface area contributed by atoms with Crippen molar-refractivity contribution in [1.82, 2.24) is 29.7 Å². The number of anilines is 1. The van der Waals surface area contributed by atoms with Gasteiger partial charge in [-0.15, -0.1) is 5.10 Å². The topological polar surface area (TPSA) is 97.9 Å². The van der Waals surface area contributed by atoms with Gasteiger partial charge in [0.2, 0.25) is 0 Å².